The van der Waals surface area contributed by atoms with Crippen LogP contribution in [0.1, 0.15) is 5.56 Å². The summed E-state index contributed by atoms with van der Waals surface area (Å²) in [5, 5.41) is 31.5. The lowest BCUT2D eigenvalue weighted by Gasteiger charge is -2.13. The maximum atomic E-state index is 12.7. The van der Waals surface area contributed by atoms with Gasteiger partial charge < -0.3 is 5.11 Å². The van der Waals surface area contributed by atoms with Gasteiger partial charge in [0.1, 0.15) is 0 Å². The van der Waals surface area contributed by atoms with Gasteiger partial charge in [0.2, 0.25) is 5.75 Å². The Morgan fingerprint density at radius 3 is 2.36 bits per heavy atom. The lowest BCUT2D eigenvalue weighted by Crippen LogP contribution is -2.27. The Morgan fingerprint density at radius 1 is 1.14 bits per heavy atom. The van der Waals surface area contributed by atoms with Crippen molar-refractivity contribution in [2.45, 2.75) is 0 Å². The summed E-state index contributed by atoms with van der Waals surface area (Å²) in [5.74, 6) is -0.976. The number of hydrogen-bond donors (Lipinski definition) is 1. The van der Waals surface area contributed by atoms with Crippen molar-refractivity contribution in [2.75, 3.05) is 4.90 Å². The summed E-state index contributed by atoms with van der Waals surface area (Å²) >= 11 is 9.26. The van der Waals surface area contributed by atoms with E-state index in [9.17, 15) is 30.1 Å². The second-order valence-corrected chi connectivity index (χ2v) is 7.95. The van der Waals surface area contributed by atoms with Crippen LogP contribution >= 0.6 is 39.9 Å². The van der Waals surface area contributed by atoms with Crippen molar-refractivity contribution in [3.8, 4) is 5.75 Å². The fourth-order valence-corrected chi connectivity index (χ4v) is 4.16. The van der Waals surface area contributed by atoms with Crippen LogP contribution in [-0.2, 0) is 4.79 Å². The minimum atomic E-state index is -0.737. The van der Waals surface area contributed by atoms with Crippen molar-refractivity contribution in [3.05, 3.63) is 71.6 Å². The molecule has 1 heterocycles. The molecule has 0 saturated carbocycles. The third-order valence-corrected chi connectivity index (χ3v) is 5.58. The number of benzene rings is 2. The number of aromatic hydroxyl groups is 1. The van der Waals surface area contributed by atoms with E-state index in [0.29, 0.717) is 11.3 Å². The van der Waals surface area contributed by atoms with Crippen LogP contribution in [0.2, 0.25) is 0 Å². The smallest absolute Gasteiger partial charge is 0.312 e. The molecule has 0 aliphatic carbocycles. The standard InChI is InChI=1S/C16H8BrN3O6S2/c17-11-5-8(6-12(14(11)21)20(25)26)7-13-15(22)18(16(27)28-13)9-1-3-10(4-2-9)19(23)24/h1-7,21H/b13-7+. The maximum Gasteiger partial charge on any atom is 0.312 e. The molecule has 2 aromatic carbocycles. The van der Waals surface area contributed by atoms with Gasteiger partial charge in [-0.05, 0) is 45.8 Å². The minimum absolute atomic E-state index is 0.110. The Balaban J connectivity index is 1.95. The number of phenolic OH excluding ortho intramolecular Hbond substituents is 1. The van der Waals surface area contributed by atoms with E-state index in [4.69, 9.17) is 12.2 Å². The van der Waals surface area contributed by atoms with Gasteiger partial charge >= 0.3 is 5.69 Å². The van der Waals surface area contributed by atoms with Crippen LogP contribution in [0.25, 0.3) is 6.08 Å². The molecule has 0 unspecified atom stereocenters. The predicted octanol–water partition coefficient (Wildman–Crippen LogP) is 4.38. The van der Waals surface area contributed by atoms with Crippen LogP contribution in [-0.4, -0.2) is 25.2 Å². The van der Waals surface area contributed by atoms with Gasteiger partial charge in [0.15, 0.2) is 4.32 Å². The highest BCUT2D eigenvalue weighted by molar-refractivity contribution is 9.10. The second-order valence-electron chi connectivity index (χ2n) is 5.42. The van der Waals surface area contributed by atoms with Crippen LogP contribution in [0.15, 0.2) is 45.8 Å². The van der Waals surface area contributed by atoms with Gasteiger partial charge in [-0.2, -0.15) is 0 Å². The summed E-state index contributed by atoms with van der Waals surface area (Å²) in [5.41, 5.74) is 0.0624. The van der Waals surface area contributed by atoms with Gasteiger partial charge in [-0.3, -0.25) is 29.9 Å². The molecule has 1 aliphatic rings. The van der Waals surface area contributed by atoms with Crippen LogP contribution in [0.3, 0.4) is 0 Å². The maximum absolute atomic E-state index is 12.7. The summed E-state index contributed by atoms with van der Waals surface area (Å²) in [6.45, 7) is 0. The quantitative estimate of drug-likeness (QED) is 0.295. The second kappa shape index (κ2) is 7.66. The summed E-state index contributed by atoms with van der Waals surface area (Å²) in [6, 6.07) is 7.91. The monoisotopic (exact) mass is 481 g/mol. The number of anilines is 1. The van der Waals surface area contributed by atoms with Crippen LogP contribution in [0.5, 0.6) is 5.75 Å². The molecule has 0 atom stereocenters. The Labute approximate surface area is 175 Å². The highest BCUT2D eigenvalue weighted by Crippen LogP contribution is 2.39. The van der Waals surface area contributed by atoms with Crippen molar-refractivity contribution < 1.29 is 19.7 Å². The number of hydrogen-bond acceptors (Lipinski definition) is 8. The third-order valence-electron chi connectivity index (χ3n) is 3.67. The molecular weight excluding hydrogens is 474 g/mol. The molecule has 1 N–H and O–H groups in total. The van der Waals surface area contributed by atoms with E-state index < -0.39 is 27.2 Å². The number of thioether (sulfide) groups is 1. The van der Waals surface area contributed by atoms with E-state index in [-0.39, 0.29) is 19.4 Å². The van der Waals surface area contributed by atoms with Crippen molar-refractivity contribution in [1.29, 1.82) is 0 Å². The number of nitro groups is 2. The number of carbonyl (C=O) groups excluding carboxylic acids is 1. The molecule has 28 heavy (non-hydrogen) atoms. The van der Waals surface area contributed by atoms with Crippen LogP contribution < -0.4 is 4.90 Å². The number of amides is 1. The number of nitrogens with zero attached hydrogens (tertiary/aromatic N) is 3. The number of thiocarbonyl (C=S) groups is 1. The zero-order valence-corrected chi connectivity index (χ0v) is 16.8. The number of halogens is 1. The van der Waals surface area contributed by atoms with Crippen LogP contribution in [0, 0.1) is 20.2 Å². The van der Waals surface area contributed by atoms with E-state index in [0.717, 1.165) is 17.8 Å². The third kappa shape index (κ3) is 3.74. The lowest BCUT2D eigenvalue weighted by atomic mass is 10.1. The van der Waals surface area contributed by atoms with Gasteiger partial charge in [-0.1, -0.05) is 24.0 Å². The molecule has 1 saturated heterocycles. The van der Waals surface area contributed by atoms with Crippen molar-refractivity contribution >= 4 is 73.3 Å². The number of non-ortho nitro benzene ring substituents is 1. The summed E-state index contributed by atoms with van der Waals surface area (Å²) in [6.07, 6.45) is 1.42. The molecule has 3 rings (SSSR count). The van der Waals surface area contributed by atoms with Crippen molar-refractivity contribution in [3.63, 3.8) is 0 Å². The molecule has 0 bridgehead atoms. The van der Waals surface area contributed by atoms with E-state index in [1.807, 2.05) is 0 Å². The topological polar surface area (TPSA) is 127 Å². The van der Waals surface area contributed by atoms with E-state index in [1.54, 1.807) is 0 Å². The SMILES string of the molecule is O=C1/C(=C\c2cc(Br)c(O)c([N+](=O)[O-])c2)SC(=S)N1c1ccc([N+](=O)[O-])cc1. The lowest BCUT2D eigenvalue weighted by molar-refractivity contribution is -0.386. The summed E-state index contributed by atoms with van der Waals surface area (Å²) in [4.78, 5) is 34.7. The molecule has 1 fully saturated rings. The zero-order valence-electron chi connectivity index (χ0n) is 13.6. The van der Waals surface area contributed by atoms with Gasteiger partial charge in [0.25, 0.3) is 11.6 Å². The van der Waals surface area contributed by atoms with E-state index in [1.165, 1.54) is 41.3 Å². The number of rotatable bonds is 4. The van der Waals surface area contributed by atoms with Gasteiger partial charge in [0, 0.05) is 18.2 Å². The first-order chi connectivity index (χ1) is 13.2. The van der Waals surface area contributed by atoms with Gasteiger partial charge in [0.05, 0.1) is 24.9 Å². The molecule has 12 heteroatoms. The number of carbonyl (C=O) groups is 1. The highest BCUT2D eigenvalue weighted by Gasteiger charge is 2.33. The molecule has 9 nitrogen and oxygen atoms in total. The normalized spacial score (nSPS) is 15.3. The molecule has 0 spiro atoms. The first-order valence-electron chi connectivity index (χ1n) is 7.38. The average Bonchev–Trinajstić information content (AvgIpc) is 2.91. The van der Waals surface area contributed by atoms with Crippen molar-refractivity contribution in [1.82, 2.24) is 0 Å². The molecule has 0 aromatic heterocycles. The first-order valence-corrected chi connectivity index (χ1v) is 9.40. The van der Waals surface area contributed by atoms with Gasteiger partial charge in [-0.15, -0.1) is 0 Å². The Morgan fingerprint density at radius 2 is 1.79 bits per heavy atom. The molecular formula is C16H8BrN3O6S2. The van der Waals surface area contributed by atoms with E-state index in [2.05, 4.69) is 15.9 Å². The Kier molecular flexibility index (Phi) is 5.45. The highest BCUT2D eigenvalue weighted by atomic mass is 79.9. The Hall–Kier alpha value is -2.83. The molecule has 142 valence electrons. The van der Waals surface area contributed by atoms with Crippen molar-refractivity contribution in [2.24, 2.45) is 0 Å². The minimum Gasteiger partial charge on any atom is -0.501 e. The first kappa shape index (κ1) is 19.9. The molecule has 2 aromatic rings. The summed E-state index contributed by atoms with van der Waals surface area (Å²) < 4.78 is 0.330. The Bertz CT molecular complexity index is 1070. The van der Waals surface area contributed by atoms with Crippen LogP contribution in [0.4, 0.5) is 17.1 Å². The van der Waals surface area contributed by atoms with Gasteiger partial charge in [-0.25, -0.2) is 0 Å². The summed E-state index contributed by atoms with van der Waals surface area (Å²) in [7, 11) is 0. The molecule has 1 amide bonds. The fraction of sp³-hybridized carbons (Fsp3) is 0. The number of phenols is 1. The largest absolute Gasteiger partial charge is 0.501 e. The molecule has 1 aliphatic heterocycles. The average molecular weight is 482 g/mol. The zero-order chi connectivity index (χ0) is 20.6. The van der Waals surface area contributed by atoms with E-state index >= 15 is 0 Å². The number of nitro benzene ring substituents is 2. The predicted molar refractivity (Wildman–Crippen MR) is 111 cm³/mol. The fourth-order valence-electron chi connectivity index (χ4n) is 2.39. The molecule has 0 radical (unpaired) electrons.